The zero-order valence-corrected chi connectivity index (χ0v) is 22.6. The maximum absolute atomic E-state index is 13.6. The molecule has 0 saturated carbocycles. The fourth-order valence-corrected chi connectivity index (χ4v) is 4.85. The minimum absolute atomic E-state index is 0.0221. The minimum atomic E-state index is -0.603. The van der Waals surface area contributed by atoms with E-state index in [1.54, 1.807) is 16.7 Å². The molecular formula is C30H35ClN2O2S. The summed E-state index contributed by atoms with van der Waals surface area (Å²) < 4.78 is 0. The Kier molecular flexibility index (Phi) is 11.4. The number of carbonyl (C=O) groups excluding carboxylic acids is 2. The maximum Gasteiger partial charge on any atom is 0.243 e. The predicted octanol–water partition coefficient (Wildman–Crippen LogP) is 6.38. The highest BCUT2D eigenvalue weighted by molar-refractivity contribution is 7.98. The summed E-state index contributed by atoms with van der Waals surface area (Å²) in [5.74, 6) is 1.73. The maximum atomic E-state index is 13.6. The molecule has 36 heavy (non-hydrogen) atoms. The van der Waals surface area contributed by atoms with Crippen molar-refractivity contribution in [2.45, 2.75) is 45.0 Å². The average Bonchev–Trinajstić information content (AvgIpc) is 2.89. The van der Waals surface area contributed by atoms with Gasteiger partial charge >= 0.3 is 0 Å². The predicted molar refractivity (Wildman–Crippen MR) is 151 cm³/mol. The van der Waals surface area contributed by atoms with Crippen LogP contribution in [0.2, 0.25) is 5.02 Å². The van der Waals surface area contributed by atoms with Crippen molar-refractivity contribution in [3.8, 4) is 0 Å². The van der Waals surface area contributed by atoms with Gasteiger partial charge in [0.1, 0.15) is 6.04 Å². The lowest BCUT2D eigenvalue weighted by atomic mass is 10.0. The van der Waals surface area contributed by atoms with Gasteiger partial charge in [0.2, 0.25) is 11.8 Å². The number of benzene rings is 3. The van der Waals surface area contributed by atoms with Gasteiger partial charge in [-0.1, -0.05) is 98.2 Å². The fraction of sp³-hybridized carbons (Fsp3) is 0.333. The smallest absolute Gasteiger partial charge is 0.243 e. The van der Waals surface area contributed by atoms with Gasteiger partial charge in [-0.2, -0.15) is 11.8 Å². The molecule has 0 radical (unpaired) electrons. The lowest BCUT2D eigenvalue weighted by Gasteiger charge is -2.32. The van der Waals surface area contributed by atoms with Crippen LogP contribution in [0.25, 0.3) is 0 Å². The van der Waals surface area contributed by atoms with Gasteiger partial charge in [0.05, 0.1) is 0 Å². The molecule has 0 spiro atoms. The summed E-state index contributed by atoms with van der Waals surface area (Å²) in [6.45, 7) is 5.05. The topological polar surface area (TPSA) is 49.4 Å². The minimum Gasteiger partial charge on any atom is -0.354 e. The third kappa shape index (κ3) is 9.36. The molecule has 0 aromatic heterocycles. The van der Waals surface area contributed by atoms with Gasteiger partial charge in [-0.25, -0.2) is 0 Å². The first-order chi connectivity index (χ1) is 17.4. The van der Waals surface area contributed by atoms with Crippen LogP contribution in [-0.2, 0) is 28.3 Å². The number of halogens is 1. The second-order valence-electron chi connectivity index (χ2n) is 9.28. The summed E-state index contributed by atoms with van der Waals surface area (Å²) in [7, 11) is 0. The summed E-state index contributed by atoms with van der Waals surface area (Å²) in [4.78, 5) is 28.8. The molecule has 4 nitrogen and oxygen atoms in total. The number of carbonyl (C=O) groups is 2. The van der Waals surface area contributed by atoms with Crippen LogP contribution in [0.15, 0.2) is 84.9 Å². The molecule has 0 aliphatic rings. The Morgan fingerprint density at radius 2 is 1.47 bits per heavy atom. The zero-order chi connectivity index (χ0) is 25.8. The number of thioether (sulfide) groups is 1. The van der Waals surface area contributed by atoms with Gasteiger partial charge < -0.3 is 10.2 Å². The van der Waals surface area contributed by atoms with Gasteiger partial charge in [0, 0.05) is 42.5 Å². The monoisotopic (exact) mass is 522 g/mol. The Morgan fingerprint density at radius 1 is 0.861 bits per heavy atom. The normalized spacial score (nSPS) is 11.8. The van der Waals surface area contributed by atoms with E-state index in [0.717, 1.165) is 16.9 Å². The van der Waals surface area contributed by atoms with Gasteiger partial charge in [-0.15, -0.1) is 0 Å². The van der Waals surface area contributed by atoms with Crippen molar-refractivity contribution in [2.75, 3.05) is 12.3 Å². The molecule has 0 saturated heterocycles. The second kappa shape index (κ2) is 14.7. The van der Waals surface area contributed by atoms with E-state index < -0.39 is 6.04 Å². The van der Waals surface area contributed by atoms with Crippen LogP contribution in [0.5, 0.6) is 0 Å². The quantitative estimate of drug-likeness (QED) is 0.265. The third-order valence-electron chi connectivity index (χ3n) is 5.79. The van der Waals surface area contributed by atoms with Crippen molar-refractivity contribution in [2.24, 2.45) is 5.92 Å². The summed E-state index contributed by atoms with van der Waals surface area (Å²) in [5.41, 5.74) is 3.21. The van der Waals surface area contributed by atoms with Crippen LogP contribution >= 0.6 is 23.4 Å². The molecule has 0 fully saturated rings. The van der Waals surface area contributed by atoms with Crippen LogP contribution in [0, 0.1) is 5.92 Å². The molecule has 0 aliphatic carbocycles. The molecule has 0 heterocycles. The lowest BCUT2D eigenvalue weighted by molar-refractivity contribution is -0.141. The van der Waals surface area contributed by atoms with Gasteiger partial charge in [0.15, 0.2) is 0 Å². The number of nitrogens with one attached hydrogen (secondary N) is 1. The van der Waals surface area contributed by atoms with E-state index in [0.29, 0.717) is 42.6 Å². The molecule has 0 unspecified atom stereocenters. The third-order valence-corrected chi connectivity index (χ3v) is 7.08. The van der Waals surface area contributed by atoms with Crippen molar-refractivity contribution < 1.29 is 9.59 Å². The molecule has 3 aromatic carbocycles. The Morgan fingerprint density at radius 3 is 2.08 bits per heavy atom. The van der Waals surface area contributed by atoms with E-state index in [-0.39, 0.29) is 11.8 Å². The van der Waals surface area contributed by atoms with Crippen LogP contribution in [0.3, 0.4) is 0 Å². The molecule has 2 amide bonds. The molecule has 3 rings (SSSR count). The first-order valence-corrected chi connectivity index (χ1v) is 13.9. The Bertz CT molecular complexity index is 1080. The van der Waals surface area contributed by atoms with E-state index in [9.17, 15) is 9.59 Å². The number of hydrogen-bond donors (Lipinski definition) is 1. The van der Waals surface area contributed by atoms with Gasteiger partial charge in [-0.05, 0) is 34.7 Å². The summed E-state index contributed by atoms with van der Waals surface area (Å²) >= 11 is 7.82. The van der Waals surface area contributed by atoms with E-state index >= 15 is 0 Å². The standard InChI is InChI=1S/C30H35ClN2O2S/c1-23(2)20-32-30(35)28(19-24-9-5-3-6-10-24)33(21-25-13-15-27(31)16-14-25)29(34)17-18-36-22-26-11-7-4-8-12-26/h3-16,23,28H,17-22H2,1-2H3,(H,32,35)/t28-/m1/s1. The molecule has 190 valence electrons. The summed E-state index contributed by atoms with van der Waals surface area (Å²) in [6, 6.07) is 27.0. The number of amides is 2. The first-order valence-electron chi connectivity index (χ1n) is 12.4. The van der Waals surface area contributed by atoms with Crippen molar-refractivity contribution in [1.29, 1.82) is 0 Å². The van der Waals surface area contributed by atoms with Crippen LogP contribution in [0.1, 0.15) is 37.0 Å². The molecular weight excluding hydrogens is 488 g/mol. The Labute approximate surface area is 224 Å². The highest BCUT2D eigenvalue weighted by atomic mass is 35.5. The van der Waals surface area contributed by atoms with E-state index in [1.807, 2.05) is 72.8 Å². The summed E-state index contributed by atoms with van der Waals surface area (Å²) in [6.07, 6.45) is 0.828. The summed E-state index contributed by atoms with van der Waals surface area (Å²) in [5, 5.41) is 3.71. The van der Waals surface area contributed by atoms with Crippen molar-refractivity contribution in [3.05, 3.63) is 107 Å². The largest absolute Gasteiger partial charge is 0.354 e. The van der Waals surface area contributed by atoms with Gasteiger partial charge in [-0.3, -0.25) is 9.59 Å². The SMILES string of the molecule is CC(C)CNC(=O)[C@@H](Cc1ccccc1)N(Cc1ccc(Cl)cc1)C(=O)CCSCc1ccccc1. The average molecular weight is 523 g/mol. The van der Waals surface area contributed by atoms with Crippen LogP contribution in [0.4, 0.5) is 0 Å². The van der Waals surface area contributed by atoms with Crippen molar-refractivity contribution in [3.63, 3.8) is 0 Å². The molecule has 1 atom stereocenters. The Hall–Kier alpha value is -2.76. The van der Waals surface area contributed by atoms with Gasteiger partial charge in [0.25, 0.3) is 0 Å². The zero-order valence-electron chi connectivity index (χ0n) is 21.0. The van der Waals surface area contributed by atoms with Crippen molar-refractivity contribution in [1.82, 2.24) is 10.2 Å². The second-order valence-corrected chi connectivity index (χ2v) is 10.8. The highest BCUT2D eigenvalue weighted by Gasteiger charge is 2.30. The number of hydrogen-bond acceptors (Lipinski definition) is 3. The highest BCUT2D eigenvalue weighted by Crippen LogP contribution is 2.19. The number of rotatable bonds is 13. The molecule has 0 aliphatic heterocycles. The molecule has 6 heteroatoms. The molecule has 0 bridgehead atoms. The van der Waals surface area contributed by atoms with E-state index in [2.05, 4.69) is 31.3 Å². The van der Waals surface area contributed by atoms with E-state index in [1.165, 1.54) is 5.56 Å². The van der Waals surface area contributed by atoms with Crippen molar-refractivity contribution >= 4 is 35.2 Å². The fourth-order valence-electron chi connectivity index (χ4n) is 3.83. The van der Waals surface area contributed by atoms with Crippen LogP contribution < -0.4 is 5.32 Å². The molecule has 3 aromatic rings. The lowest BCUT2D eigenvalue weighted by Crippen LogP contribution is -2.51. The first kappa shape index (κ1) is 27.8. The number of nitrogens with zero attached hydrogens (tertiary/aromatic N) is 1. The Balaban J connectivity index is 1.78. The molecule has 1 N–H and O–H groups in total. The van der Waals surface area contributed by atoms with E-state index in [4.69, 9.17) is 11.6 Å². The van der Waals surface area contributed by atoms with Crippen LogP contribution in [-0.4, -0.2) is 35.1 Å².